The van der Waals surface area contributed by atoms with Crippen LogP contribution in [-0.4, -0.2) is 24.8 Å². The van der Waals surface area contributed by atoms with Crippen LogP contribution in [0.1, 0.15) is 11.1 Å². The molecule has 4 nitrogen and oxygen atoms in total. The van der Waals surface area contributed by atoms with Crippen molar-refractivity contribution in [1.29, 1.82) is 5.41 Å². The molecule has 0 saturated heterocycles. The van der Waals surface area contributed by atoms with E-state index in [1.165, 1.54) is 0 Å². The van der Waals surface area contributed by atoms with Crippen LogP contribution in [0.2, 0.25) is 0 Å². The van der Waals surface area contributed by atoms with Crippen molar-refractivity contribution in [3.63, 3.8) is 0 Å². The van der Waals surface area contributed by atoms with Crippen molar-refractivity contribution >= 4 is 11.7 Å². The SMILES string of the molecule is CNC(Cc1ccccc1)C(=O)NC(=N)c1ccccc1. The van der Waals surface area contributed by atoms with Crippen LogP contribution in [0.25, 0.3) is 0 Å². The Labute approximate surface area is 124 Å². The molecule has 108 valence electrons. The van der Waals surface area contributed by atoms with Gasteiger partial charge < -0.3 is 10.6 Å². The minimum absolute atomic E-state index is 0.119. The fourth-order valence-corrected chi connectivity index (χ4v) is 2.06. The molecule has 2 rings (SSSR count). The molecule has 0 spiro atoms. The van der Waals surface area contributed by atoms with E-state index in [4.69, 9.17) is 5.41 Å². The molecule has 3 N–H and O–H groups in total. The van der Waals surface area contributed by atoms with Gasteiger partial charge in [-0.05, 0) is 19.0 Å². The first-order chi connectivity index (χ1) is 10.2. The van der Waals surface area contributed by atoms with Gasteiger partial charge in [0.25, 0.3) is 0 Å². The lowest BCUT2D eigenvalue weighted by Gasteiger charge is -2.16. The molecule has 0 heterocycles. The van der Waals surface area contributed by atoms with E-state index in [2.05, 4.69) is 10.6 Å². The zero-order chi connectivity index (χ0) is 15.1. The van der Waals surface area contributed by atoms with Gasteiger partial charge in [-0.25, -0.2) is 0 Å². The number of hydrogen-bond acceptors (Lipinski definition) is 3. The highest BCUT2D eigenvalue weighted by Gasteiger charge is 2.18. The van der Waals surface area contributed by atoms with E-state index in [-0.39, 0.29) is 17.8 Å². The van der Waals surface area contributed by atoms with Crippen molar-refractivity contribution in [3.05, 3.63) is 71.8 Å². The lowest BCUT2D eigenvalue weighted by Crippen LogP contribution is -2.46. The Kier molecular flexibility index (Phi) is 5.23. The first kappa shape index (κ1) is 14.9. The highest BCUT2D eigenvalue weighted by atomic mass is 16.2. The van der Waals surface area contributed by atoms with E-state index >= 15 is 0 Å². The molecule has 0 radical (unpaired) electrons. The maximum atomic E-state index is 12.2. The summed E-state index contributed by atoms with van der Waals surface area (Å²) in [5.74, 6) is -0.0795. The predicted octanol–water partition coefficient (Wildman–Crippen LogP) is 1.96. The molecule has 1 amide bonds. The molecule has 0 saturated carbocycles. The predicted molar refractivity (Wildman–Crippen MR) is 84.4 cm³/mol. The molecular formula is C17H19N3O. The number of nitrogens with one attached hydrogen (secondary N) is 3. The second kappa shape index (κ2) is 7.36. The molecule has 4 heteroatoms. The average Bonchev–Trinajstić information content (AvgIpc) is 2.54. The fourth-order valence-electron chi connectivity index (χ4n) is 2.06. The second-order valence-corrected chi connectivity index (χ2v) is 4.76. The summed E-state index contributed by atoms with van der Waals surface area (Å²) in [5.41, 5.74) is 1.78. The van der Waals surface area contributed by atoms with E-state index in [0.717, 1.165) is 5.56 Å². The molecule has 1 atom stereocenters. The third-order valence-electron chi connectivity index (χ3n) is 3.26. The summed E-state index contributed by atoms with van der Waals surface area (Å²) in [4.78, 5) is 12.2. The lowest BCUT2D eigenvalue weighted by atomic mass is 10.1. The largest absolute Gasteiger partial charge is 0.309 e. The average molecular weight is 281 g/mol. The number of likely N-dealkylation sites (N-methyl/N-ethyl adjacent to an activating group) is 1. The highest BCUT2D eigenvalue weighted by molar-refractivity contribution is 6.07. The van der Waals surface area contributed by atoms with Crippen LogP contribution < -0.4 is 10.6 Å². The van der Waals surface area contributed by atoms with Crippen molar-refractivity contribution in [3.8, 4) is 0 Å². The van der Waals surface area contributed by atoms with Gasteiger partial charge in [-0.15, -0.1) is 0 Å². The zero-order valence-electron chi connectivity index (χ0n) is 12.0. The normalized spacial score (nSPS) is 11.7. The van der Waals surface area contributed by atoms with Gasteiger partial charge in [0, 0.05) is 5.56 Å². The molecule has 2 aromatic carbocycles. The molecule has 0 aromatic heterocycles. The van der Waals surface area contributed by atoms with Gasteiger partial charge in [-0.2, -0.15) is 0 Å². The first-order valence-electron chi connectivity index (χ1n) is 6.86. The first-order valence-corrected chi connectivity index (χ1v) is 6.86. The fraction of sp³-hybridized carbons (Fsp3) is 0.176. The summed E-state index contributed by atoms with van der Waals surface area (Å²) >= 11 is 0. The van der Waals surface area contributed by atoms with E-state index in [9.17, 15) is 4.79 Å². The Morgan fingerprint density at radius 1 is 1.05 bits per heavy atom. The maximum Gasteiger partial charge on any atom is 0.242 e. The molecular weight excluding hydrogens is 262 g/mol. The van der Waals surface area contributed by atoms with Crippen molar-refractivity contribution in [2.45, 2.75) is 12.5 Å². The van der Waals surface area contributed by atoms with Gasteiger partial charge in [-0.1, -0.05) is 60.7 Å². The van der Waals surface area contributed by atoms with Crippen molar-refractivity contribution in [2.75, 3.05) is 7.05 Å². The Hall–Kier alpha value is -2.46. The number of amides is 1. The van der Waals surface area contributed by atoms with Gasteiger partial charge in [-0.3, -0.25) is 10.2 Å². The monoisotopic (exact) mass is 281 g/mol. The smallest absolute Gasteiger partial charge is 0.242 e. The van der Waals surface area contributed by atoms with E-state index in [1.807, 2.05) is 48.5 Å². The quantitative estimate of drug-likeness (QED) is 0.579. The summed E-state index contributed by atoms with van der Waals surface area (Å²) in [6.45, 7) is 0. The highest BCUT2D eigenvalue weighted by Crippen LogP contribution is 2.04. The maximum absolute atomic E-state index is 12.2. The minimum atomic E-state index is -0.364. The summed E-state index contributed by atoms with van der Waals surface area (Å²) in [7, 11) is 1.75. The van der Waals surface area contributed by atoms with Crippen LogP contribution in [0.15, 0.2) is 60.7 Å². The van der Waals surface area contributed by atoms with Crippen LogP contribution in [0.5, 0.6) is 0 Å². The number of carbonyl (C=O) groups is 1. The minimum Gasteiger partial charge on any atom is -0.309 e. The van der Waals surface area contributed by atoms with Crippen LogP contribution in [0.3, 0.4) is 0 Å². The lowest BCUT2D eigenvalue weighted by molar-refractivity contribution is -0.121. The Morgan fingerprint density at radius 3 is 2.19 bits per heavy atom. The molecule has 0 aliphatic rings. The number of rotatable bonds is 5. The van der Waals surface area contributed by atoms with Crippen LogP contribution in [-0.2, 0) is 11.2 Å². The van der Waals surface area contributed by atoms with Crippen LogP contribution in [0.4, 0.5) is 0 Å². The summed E-state index contributed by atoms with van der Waals surface area (Å²) < 4.78 is 0. The van der Waals surface area contributed by atoms with E-state index in [1.54, 1.807) is 19.2 Å². The van der Waals surface area contributed by atoms with Crippen molar-refractivity contribution in [2.24, 2.45) is 0 Å². The Morgan fingerprint density at radius 2 is 1.62 bits per heavy atom. The van der Waals surface area contributed by atoms with Gasteiger partial charge >= 0.3 is 0 Å². The Balaban J connectivity index is 1.99. The number of carbonyl (C=O) groups excluding carboxylic acids is 1. The molecule has 1 unspecified atom stereocenters. The molecule has 21 heavy (non-hydrogen) atoms. The molecule has 2 aromatic rings. The third kappa shape index (κ3) is 4.26. The van der Waals surface area contributed by atoms with Gasteiger partial charge in [0.15, 0.2) is 0 Å². The van der Waals surface area contributed by atoms with E-state index in [0.29, 0.717) is 12.0 Å². The molecule has 0 aliphatic carbocycles. The number of hydrogen-bond donors (Lipinski definition) is 3. The standard InChI is InChI=1S/C17H19N3O/c1-19-15(12-13-8-4-2-5-9-13)17(21)20-16(18)14-10-6-3-7-11-14/h2-11,15,19H,12H2,1H3,(H2,18,20,21). The summed E-state index contributed by atoms with van der Waals surface area (Å²) in [6.07, 6.45) is 0.589. The second-order valence-electron chi connectivity index (χ2n) is 4.76. The number of amidine groups is 1. The van der Waals surface area contributed by atoms with E-state index < -0.39 is 0 Å². The summed E-state index contributed by atoms with van der Waals surface area (Å²) in [6, 6.07) is 18.6. The van der Waals surface area contributed by atoms with Gasteiger partial charge in [0.1, 0.15) is 5.84 Å². The Bertz CT molecular complexity index is 596. The van der Waals surface area contributed by atoms with Crippen LogP contribution >= 0.6 is 0 Å². The van der Waals surface area contributed by atoms with Crippen molar-refractivity contribution in [1.82, 2.24) is 10.6 Å². The zero-order valence-corrected chi connectivity index (χ0v) is 12.0. The topological polar surface area (TPSA) is 65.0 Å². The van der Waals surface area contributed by atoms with Gasteiger partial charge in [0.05, 0.1) is 6.04 Å². The number of benzene rings is 2. The van der Waals surface area contributed by atoms with Crippen molar-refractivity contribution < 1.29 is 4.79 Å². The van der Waals surface area contributed by atoms with Gasteiger partial charge in [0.2, 0.25) is 5.91 Å². The molecule has 0 fully saturated rings. The third-order valence-corrected chi connectivity index (χ3v) is 3.26. The molecule has 0 bridgehead atoms. The summed E-state index contributed by atoms with van der Waals surface area (Å²) in [5, 5.41) is 13.6. The molecule has 0 aliphatic heterocycles. The van der Waals surface area contributed by atoms with Crippen LogP contribution in [0, 0.1) is 5.41 Å².